The first kappa shape index (κ1) is 24.7. The average Bonchev–Trinajstić information content (AvgIpc) is 3.12. The van der Waals surface area contributed by atoms with Crippen LogP contribution in [0, 0.1) is 0 Å². The third kappa shape index (κ3) is 5.31. The van der Waals surface area contributed by atoms with Crippen molar-refractivity contribution in [1.82, 2.24) is 0 Å². The van der Waals surface area contributed by atoms with Crippen LogP contribution in [0.4, 0.5) is 11.4 Å². The fourth-order valence-electron chi connectivity index (χ4n) is 3.41. The van der Waals surface area contributed by atoms with E-state index in [9.17, 15) is 24.3 Å². The number of carbonyl (C=O) groups is 4. The van der Waals surface area contributed by atoms with Crippen molar-refractivity contribution in [2.75, 3.05) is 16.8 Å². The number of imide groups is 1. The number of nitrogens with one attached hydrogen (secondary N) is 1. The number of esters is 1. The monoisotopic (exact) mass is 501 g/mol. The van der Waals surface area contributed by atoms with Gasteiger partial charge in [-0.25, -0.2) is 9.69 Å². The van der Waals surface area contributed by atoms with Crippen molar-refractivity contribution in [3.63, 3.8) is 0 Å². The normalized spacial score (nSPS) is 13.2. The molecule has 2 amide bonds. The maximum atomic E-state index is 13.4. The average molecular weight is 502 g/mol. The molecule has 1 heterocycles. The zero-order chi connectivity index (χ0) is 25.7. The lowest BCUT2D eigenvalue weighted by Gasteiger charge is -2.16. The van der Waals surface area contributed by atoms with Crippen LogP contribution in [0.25, 0.3) is 0 Å². The number of amides is 2. The van der Waals surface area contributed by atoms with E-state index in [2.05, 4.69) is 5.32 Å². The first-order valence-electron chi connectivity index (χ1n) is 11.1. The molecule has 9 heteroatoms. The largest absolute Gasteiger partial charge is 0.545 e. The lowest BCUT2D eigenvalue weighted by molar-refractivity contribution is -0.255. The molecule has 8 nitrogen and oxygen atoms in total. The van der Waals surface area contributed by atoms with Crippen LogP contribution in [0.3, 0.4) is 0 Å². The van der Waals surface area contributed by atoms with Crippen molar-refractivity contribution in [2.45, 2.75) is 18.2 Å². The minimum absolute atomic E-state index is 0.0126. The Morgan fingerprint density at radius 1 is 0.889 bits per heavy atom. The quantitative estimate of drug-likeness (QED) is 0.349. The van der Waals surface area contributed by atoms with E-state index in [1.165, 1.54) is 48.5 Å². The Hall–Kier alpha value is -4.37. The van der Waals surface area contributed by atoms with Gasteiger partial charge in [-0.2, -0.15) is 0 Å². The molecule has 0 saturated heterocycles. The van der Waals surface area contributed by atoms with Gasteiger partial charge in [-0.3, -0.25) is 9.59 Å². The second-order valence-corrected chi connectivity index (χ2v) is 8.82. The lowest BCUT2D eigenvalue weighted by Crippen LogP contribution is -2.32. The number of ether oxygens (including phenoxy) is 1. The van der Waals surface area contributed by atoms with Crippen molar-refractivity contribution in [3.8, 4) is 0 Å². The van der Waals surface area contributed by atoms with Crippen LogP contribution in [0.1, 0.15) is 34.1 Å². The van der Waals surface area contributed by atoms with Crippen LogP contribution in [0.15, 0.2) is 94.4 Å². The topological polar surface area (TPSA) is 116 Å². The summed E-state index contributed by atoms with van der Waals surface area (Å²) in [5.41, 5.74) is 1.08. The molecule has 0 saturated carbocycles. The minimum atomic E-state index is -1.32. The number of benzene rings is 3. The summed E-state index contributed by atoms with van der Waals surface area (Å²) >= 11 is 1.14. The molecule has 3 aromatic rings. The number of thioether (sulfide) groups is 1. The SMILES string of the molecule is CCCOC(=O)c1ccc(N2C(=O)C(Nc3ccc(C(=O)[O-])cc3)=C(Sc3ccccc3)C2=O)cc1. The summed E-state index contributed by atoms with van der Waals surface area (Å²) < 4.78 is 5.13. The van der Waals surface area contributed by atoms with Gasteiger partial charge < -0.3 is 20.0 Å². The Kier molecular flexibility index (Phi) is 7.50. The highest BCUT2D eigenvalue weighted by Gasteiger charge is 2.40. The molecular weight excluding hydrogens is 480 g/mol. The van der Waals surface area contributed by atoms with Crippen LogP contribution in [-0.4, -0.2) is 30.4 Å². The second kappa shape index (κ2) is 10.9. The maximum absolute atomic E-state index is 13.4. The van der Waals surface area contributed by atoms with Crippen LogP contribution >= 0.6 is 11.8 Å². The van der Waals surface area contributed by atoms with Crippen molar-refractivity contribution in [1.29, 1.82) is 0 Å². The number of nitrogens with zero attached hydrogens (tertiary/aromatic N) is 1. The Bertz CT molecular complexity index is 1330. The summed E-state index contributed by atoms with van der Waals surface area (Å²) in [6, 6.07) is 20.8. The van der Waals surface area contributed by atoms with E-state index < -0.39 is 23.8 Å². The summed E-state index contributed by atoms with van der Waals surface area (Å²) in [5, 5.41) is 14.0. The summed E-state index contributed by atoms with van der Waals surface area (Å²) in [6.07, 6.45) is 0.694. The van der Waals surface area contributed by atoms with Gasteiger partial charge in [0.15, 0.2) is 0 Å². The van der Waals surface area contributed by atoms with Gasteiger partial charge in [0.1, 0.15) is 10.6 Å². The predicted octanol–water partition coefficient (Wildman–Crippen LogP) is 3.61. The Labute approximate surface area is 211 Å². The molecule has 1 N–H and O–H groups in total. The molecule has 0 fully saturated rings. The summed E-state index contributed by atoms with van der Waals surface area (Å²) in [6.45, 7) is 2.19. The molecule has 0 bridgehead atoms. The van der Waals surface area contributed by atoms with Gasteiger partial charge in [-0.1, -0.05) is 49.0 Å². The van der Waals surface area contributed by atoms with Crippen molar-refractivity contribution in [2.24, 2.45) is 0 Å². The van der Waals surface area contributed by atoms with Crippen molar-refractivity contribution in [3.05, 3.63) is 101 Å². The van der Waals surface area contributed by atoms with E-state index >= 15 is 0 Å². The highest BCUT2D eigenvalue weighted by atomic mass is 32.2. The molecule has 0 unspecified atom stereocenters. The van der Waals surface area contributed by atoms with Gasteiger partial charge in [-0.05, 0) is 60.5 Å². The molecule has 0 atom stereocenters. The van der Waals surface area contributed by atoms with Crippen LogP contribution in [-0.2, 0) is 14.3 Å². The van der Waals surface area contributed by atoms with Crippen LogP contribution in [0.5, 0.6) is 0 Å². The number of carboxylic acids is 1. The van der Waals surface area contributed by atoms with Crippen LogP contribution in [0.2, 0.25) is 0 Å². The molecule has 0 aliphatic carbocycles. The van der Waals surface area contributed by atoms with E-state index in [0.717, 1.165) is 21.6 Å². The second-order valence-electron chi connectivity index (χ2n) is 7.74. The molecule has 0 spiro atoms. The Morgan fingerprint density at radius 3 is 2.14 bits per heavy atom. The van der Waals surface area contributed by atoms with Gasteiger partial charge >= 0.3 is 5.97 Å². The number of carbonyl (C=O) groups excluding carboxylic acids is 4. The summed E-state index contributed by atoms with van der Waals surface area (Å²) in [5.74, 6) is -2.91. The van der Waals surface area contributed by atoms with Gasteiger partial charge in [0, 0.05) is 10.6 Å². The third-order valence-electron chi connectivity index (χ3n) is 5.19. The zero-order valence-electron chi connectivity index (χ0n) is 19.2. The number of anilines is 2. The molecule has 36 heavy (non-hydrogen) atoms. The standard InChI is InChI=1S/C27H22N2O6S/c1-2-16-35-27(34)18-10-14-20(15-11-18)29-24(30)22(28-19-12-8-17(9-13-19)26(32)33)23(25(29)31)36-21-6-4-3-5-7-21/h3-15,28H,2,16H2,1H3,(H,32,33)/p-1. The molecular formula is C27H21N2O6S-. The van der Waals surface area contributed by atoms with E-state index in [1.807, 2.05) is 37.3 Å². The number of aromatic carboxylic acids is 1. The Morgan fingerprint density at radius 2 is 1.53 bits per heavy atom. The van der Waals surface area contributed by atoms with E-state index in [-0.39, 0.29) is 16.2 Å². The molecule has 4 rings (SSSR count). The molecule has 3 aromatic carbocycles. The highest BCUT2D eigenvalue weighted by molar-refractivity contribution is 8.04. The van der Waals surface area contributed by atoms with E-state index in [1.54, 1.807) is 0 Å². The third-order valence-corrected chi connectivity index (χ3v) is 6.28. The lowest BCUT2D eigenvalue weighted by atomic mass is 10.2. The Balaban J connectivity index is 1.64. The molecule has 1 aliphatic rings. The first-order valence-corrected chi connectivity index (χ1v) is 11.9. The molecule has 0 radical (unpaired) electrons. The molecule has 0 aromatic heterocycles. The fraction of sp³-hybridized carbons (Fsp3) is 0.111. The number of hydrogen-bond donors (Lipinski definition) is 1. The van der Waals surface area contributed by atoms with E-state index in [0.29, 0.717) is 30.0 Å². The highest BCUT2D eigenvalue weighted by Crippen LogP contribution is 2.37. The molecule has 182 valence electrons. The maximum Gasteiger partial charge on any atom is 0.338 e. The van der Waals surface area contributed by atoms with Gasteiger partial charge in [0.05, 0.1) is 23.8 Å². The number of carboxylic acid groups (broad SMARTS) is 1. The minimum Gasteiger partial charge on any atom is -0.545 e. The van der Waals surface area contributed by atoms with Gasteiger partial charge in [0.25, 0.3) is 11.8 Å². The van der Waals surface area contributed by atoms with Gasteiger partial charge in [-0.15, -0.1) is 0 Å². The van der Waals surface area contributed by atoms with E-state index in [4.69, 9.17) is 4.74 Å². The fourth-order valence-corrected chi connectivity index (χ4v) is 4.36. The summed E-state index contributed by atoms with van der Waals surface area (Å²) in [7, 11) is 0. The number of hydrogen-bond acceptors (Lipinski definition) is 8. The first-order chi connectivity index (χ1) is 17.4. The van der Waals surface area contributed by atoms with Gasteiger partial charge in [0.2, 0.25) is 0 Å². The number of rotatable bonds is 9. The zero-order valence-corrected chi connectivity index (χ0v) is 20.0. The summed E-state index contributed by atoms with van der Waals surface area (Å²) in [4.78, 5) is 52.0. The smallest absolute Gasteiger partial charge is 0.338 e. The molecule has 1 aliphatic heterocycles. The predicted molar refractivity (Wildman–Crippen MR) is 133 cm³/mol. The van der Waals surface area contributed by atoms with Crippen molar-refractivity contribution < 1.29 is 29.0 Å². The van der Waals surface area contributed by atoms with Crippen LogP contribution < -0.4 is 15.3 Å². The van der Waals surface area contributed by atoms with Crippen molar-refractivity contribution >= 4 is 46.9 Å².